The second-order valence-corrected chi connectivity index (χ2v) is 26.8. The lowest BCUT2D eigenvalue weighted by Gasteiger charge is -2.31. The molecule has 0 bridgehead atoms. The summed E-state index contributed by atoms with van der Waals surface area (Å²) in [7, 11) is 0. The Morgan fingerprint density at radius 1 is 0.413 bits per heavy atom. The molecule has 27 rings (SSSR count). The van der Waals surface area contributed by atoms with Gasteiger partial charge in [0.25, 0.3) is 0 Å². The molecule has 9 aromatic carbocycles. The molecule has 0 fully saturated rings. The van der Waals surface area contributed by atoms with Crippen molar-refractivity contribution in [3.05, 3.63) is 285 Å². The molecule has 2 atom stereocenters. The second-order valence-electron chi connectivity index (χ2n) is 26.8. The number of para-hydroxylation sites is 4. The van der Waals surface area contributed by atoms with Crippen molar-refractivity contribution in [1.29, 1.82) is 0 Å². The van der Waals surface area contributed by atoms with Crippen molar-refractivity contribution in [1.82, 2.24) is 28.3 Å². The van der Waals surface area contributed by atoms with Gasteiger partial charge in [-0.15, -0.1) is 0 Å². The quantitative estimate of drug-likeness (QED) is 0.138. The zero-order valence-corrected chi connectivity index (χ0v) is 48.6. The van der Waals surface area contributed by atoms with Crippen molar-refractivity contribution in [2.24, 2.45) is 4.99 Å². The Morgan fingerprint density at radius 2 is 0.891 bits per heavy atom. The Morgan fingerprint density at radius 3 is 1.48 bits per heavy atom. The lowest BCUT2D eigenvalue weighted by Crippen LogP contribution is -2.85. The van der Waals surface area contributed by atoms with E-state index in [-0.39, 0.29) is 0 Å². The van der Waals surface area contributed by atoms with Gasteiger partial charge in [0.05, 0.1) is 93.6 Å². The van der Waals surface area contributed by atoms with Crippen LogP contribution >= 0.6 is 0 Å². The van der Waals surface area contributed by atoms with E-state index in [0.717, 1.165) is 56.6 Å². The molecule has 2 spiro atoms. The summed E-state index contributed by atoms with van der Waals surface area (Å²) >= 11 is 0. The highest BCUT2D eigenvalue weighted by Crippen LogP contribution is 2.54. The van der Waals surface area contributed by atoms with E-state index in [0.29, 0.717) is 0 Å². The number of benzene rings is 9. The van der Waals surface area contributed by atoms with Gasteiger partial charge < -0.3 is 4.98 Å². The van der Waals surface area contributed by atoms with Crippen molar-refractivity contribution < 1.29 is 18.3 Å². The van der Waals surface area contributed by atoms with Crippen LogP contribution in [0.3, 0.4) is 0 Å². The fourth-order valence-electron chi connectivity index (χ4n) is 20.0. The first kappa shape index (κ1) is 44.1. The predicted octanol–water partition coefficient (Wildman–Crippen LogP) is 9.97. The molecule has 0 radical (unpaired) electrons. The van der Waals surface area contributed by atoms with Crippen molar-refractivity contribution >= 4 is 111 Å². The first-order chi connectivity index (χ1) is 45.6. The standard InChI is InChI=1S/C81H40N11/c1-3-11-41(12-4-1)66-62-35-44-15-7-19-49-58-31-27-48-56-39-57(82-68(56)53-28-32-59-50-20-8-16-45-36-63(66)90(72(45)50)80(89(62)71(44)49)85(58)75(48)76(53)86(59)80)40-23-25-43(26-24-40)79-83-69-54-29-33-60-51-21-9-17-46-37-64-67(42-13-5-2-6-14-42)65-38-47-18-10-22-52-61-34-30-55(70(69)84-79)78-77(54)87(60)81(88(61)78,91(64)73(46)51)92(65)74(47)52/h1-38H,39H2/q+5/p+1. The highest BCUT2D eigenvalue weighted by molar-refractivity contribution is 6.21. The normalized spacial score (nSPS) is 19.0. The number of allylic oxidation sites excluding steroid dienone is 2. The topological polar surface area (TPSA) is 72.4 Å². The third kappa shape index (κ3) is 4.20. The number of rotatable bonds is 4. The van der Waals surface area contributed by atoms with E-state index in [9.17, 15) is 0 Å². The van der Waals surface area contributed by atoms with Crippen LogP contribution in [-0.4, -0.2) is 24.8 Å². The maximum absolute atomic E-state index is 5.76. The maximum Gasteiger partial charge on any atom is 0.667 e. The predicted molar refractivity (Wildman–Crippen MR) is 354 cm³/mol. The summed E-state index contributed by atoms with van der Waals surface area (Å²) in [4.78, 5) is 15.4. The molecule has 7 aromatic heterocycles. The first-order valence-corrected chi connectivity index (χ1v) is 32.0. The third-order valence-electron chi connectivity index (χ3n) is 23.1. The number of nitrogens with one attached hydrogen (secondary N) is 1. The van der Waals surface area contributed by atoms with Gasteiger partial charge >= 0.3 is 33.9 Å². The average Bonchev–Trinajstić information content (AvgIpc) is 1.45. The SMILES string of the molecule is C1=c2cccc3c2=[N+]2C1=C(c1ccccc1)c1cc4cccc5c4n1C21[n+]2c-5ccc4c5c(c6ccc-3[n+]1c6c42)N=C(c1ccc(-c2nc3c4ccc6[n+]7c4c4c(ccc8[n+]4C74n7c(cc9cccc-8c97)C(c7ccccc7)=C7C=c8cccc-6c8=[N+]74)c3[nH]2)cc1)C5. The summed E-state index contributed by atoms with van der Waals surface area (Å²) in [6.45, 7) is 0. The number of pyridine rings is 4. The van der Waals surface area contributed by atoms with Gasteiger partial charge in [-0.2, -0.15) is 9.13 Å². The zero-order chi connectivity index (χ0) is 58.4. The molecule has 2 unspecified atom stereocenters. The van der Waals surface area contributed by atoms with E-state index in [1.54, 1.807) is 0 Å². The van der Waals surface area contributed by atoms with Crippen LogP contribution in [0.5, 0.6) is 0 Å². The summed E-state index contributed by atoms with van der Waals surface area (Å²) in [5.41, 5.74) is 34.7. The minimum absolute atomic E-state index is 0.719. The van der Waals surface area contributed by atoms with Crippen LogP contribution in [0.2, 0.25) is 0 Å². The van der Waals surface area contributed by atoms with Crippen LogP contribution in [0.4, 0.5) is 5.69 Å². The molecule has 16 aromatic rings. The largest absolute Gasteiger partial charge is 0.667 e. The van der Waals surface area contributed by atoms with Crippen molar-refractivity contribution in [3.63, 3.8) is 0 Å². The lowest BCUT2D eigenvalue weighted by atomic mass is 9.96. The number of aliphatic imine (C=N–C) groups is 1. The maximum atomic E-state index is 5.76. The highest BCUT2D eigenvalue weighted by atomic mass is 15.6. The molecule has 11 nitrogen and oxygen atoms in total. The van der Waals surface area contributed by atoms with Crippen LogP contribution in [0.15, 0.2) is 235 Å². The van der Waals surface area contributed by atoms with Crippen molar-refractivity contribution in [2.75, 3.05) is 0 Å². The van der Waals surface area contributed by atoms with Gasteiger partial charge in [0.2, 0.25) is 44.9 Å². The molecular weight excluding hydrogens is 1130 g/mol. The molecule has 1 N–H and O–H groups in total. The molecule has 0 amide bonds. The zero-order valence-electron chi connectivity index (χ0n) is 48.6. The Kier molecular flexibility index (Phi) is 6.60. The summed E-state index contributed by atoms with van der Waals surface area (Å²) < 4.78 is 21.5. The van der Waals surface area contributed by atoms with Crippen LogP contribution in [0.25, 0.3) is 156 Å². The summed E-state index contributed by atoms with van der Waals surface area (Å²) in [5, 5.41) is 12.2. The summed E-state index contributed by atoms with van der Waals surface area (Å²) in [5.74, 6) is -0.753. The Balaban J connectivity index is 0.644. The molecule has 11 aliphatic heterocycles. The molecule has 92 heavy (non-hydrogen) atoms. The second kappa shape index (κ2) is 13.8. The minimum Gasteiger partial charge on any atom is -0.337 e. The summed E-state index contributed by atoms with van der Waals surface area (Å²) in [6, 6.07) is 82.5. The van der Waals surface area contributed by atoms with Gasteiger partial charge in [-0.25, -0.2) is 4.98 Å². The highest BCUT2D eigenvalue weighted by Gasteiger charge is 2.81. The number of aromatic amines is 1. The van der Waals surface area contributed by atoms with Crippen molar-refractivity contribution in [3.8, 4) is 56.4 Å². The molecule has 18 heterocycles. The number of H-pyrrole nitrogens is 1. The summed E-state index contributed by atoms with van der Waals surface area (Å²) in [6.07, 6.45) is 5.62. The number of nitrogens with zero attached hydrogens (tertiary/aromatic N) is 10. The van der Waals surface area contributed by atoms with E-state index in [2.05, 4.69) is 272 Å². The van der Waals surface area contributed by atoms with Crippen LogP contribution in [-0.2, 0) is 18.2 Å². The molecule has 0 saturated heterocycles. The molecule has 414 valence electrons. The minimum atomic E-state index is -0.811. The van der Waals surface area contributed by atoms with Crippen molar-refractivity contribution in [2.45, 2.75) is 18.2 Å². The molecule has 0 aliphatic carbocycles. The van der Waals surface area contributed by atoms with Crippen LogP contribution in [0, 0.1) is 0 Å². The smallest absolute Gasteiger partial charge is 0.337 e. The van der Waals surface area contributed by atoms with Gasteiger partial charge in [-0.3, -0.25) is 4.99 Å². The average molecular weight is 1170 g/mol. The van der Waals surface area contributed by atoms with Gasteiger partial charge in [-0.05, 0) is 122 Å². The van der Waals surface area contributed by atoms with Gasteiger partial charge in [0.15, 0.2) is 0 Å². The Bertz CT molecular complexity index is 7120. The molecule has 11 heteroatoms. The third-order valence-corrected chi connectivity index (χ3v) is 23.1. The number of imidazole rings is 1. The van der Waals surface area contributed by atoms with Gasteiger partial charge in [0.1, 0.15) is 22.5 Å². The number of fused-ring (bicyclic) bond motifs is 10. The monoisotopic (exact) mass is 1170 g/mol. The fraction of sp³-hybridized carbons (Fsp3) is 0.0370. The van der Waals surface area contributed by atoms with Gasteiger partial charge in [0, 0.05) is 59.2 Å². The van der Waals surface area contributed by atoms with Crippen LogP contribution in [0.1, 0.15) is 33.6 Å². The number of hydrogen-bond acceptors (Lipinski definition) is 2. The van der Waals surface area contributed by atoms with Gasteiger partial charge in [-0.1, -0.05) is 121 Å². The first-order valence-electron chi connectivity index (χ1n) is 32.0. The van der Waals surface area contributed by atoms with Crippen LogP contribution < -0.4 is 48.6 Å². The van der Waals surface area contributed by atoms with E-state index in [1.807, 2.05) is 0 Å². The molecular formula is C81H41N11+6. The molecule has 0 saturated carbocycles. The number of aromatic nitrogens is 8. The van der Waals surface area contributed by atoms with E-state index >= 15 is 0 Å². The van der Waals surface area contributed by atoms with E-state index in [1.165, 1.54) is 171 Å². The number of hydrogen-bond donors (Lipinski definition) is 1. The fourth-order valence-corrected chi connectivity index (χ4v) is 20.0. The Hall–Kier alpha value is -12.3. The van der Waals surface area contributed by atoms with E-state index in [4.69, 9.17) is 9.98 Å². The van der Waals surface area contributed by atoms with E-state index < -0.39 is 11.8 Å². The molecule has 11 aliphatic rings. The lowest BCUT2D eigenvalue weighted by molar-refractivity contribution is -0.968. The Labute approximate surface area is 519 Å².